The van der Waals surface area contributed by atoms with Crippen LogP contribution in [0.25, 0.3) is 0 Å². The van der Waals surface area contributed by atoms with Gasteiger partial charge in [-0.2, -0.15) is 0 Å². The third-order valence-electron chi connectivity index (χ3n) is 6.37. The van der Waals surface area contributed by atoms with Crippen LogP contribution in [0.4, 0.5) is 5.69 Å². The Morgan fingerprint density at radius 3 is 2.32 bits per heavy atom. The van der Waals surface area contributed by atoms with E-state index in [0.717, 1.165) is 29.5 Å². The smallest absolute Gasteiger partial charge is 0.264 e. The van der Waals surface area contributed by atoms with E-state index in [1.807, 2.05) is 12.1 Å². The lowest BCUT2D eigenvalue weighted by Gasteiger charge is -2.25. The van der Waals surface area contributed by atoms with Crippen molar-refractivity contribution < 1.29 is 22.7 Å². The highest BCUT2D eigenvalue weighted by Crippen LogP contribution is 2.32. The molecular formula is C28H33N3O5S. The molecule has 3 aromatic rings. The van der Waals surface area contributed by atoms with Gasteiger partial charge in [0.25, 0.3) is 10.0 Å². The Morgan fingerprint density at radius 2 is 1.62 bits per heavy atom. The number of ether oxygens (including phenoxy) is 2. The first-order chi connectivity index (χ1) is 17.9. The van der Waals surface area contributed by atoms with Gasteiger partial charge in [0.15, 0.2) is 0 Å². The van der Waals surface area contributed by atoms with E-state index in [1.165, 1.54) is 44.8 Å². The van der Waals surface area contributed by atoms with E-state index in [9.17, 15) is 13.2 Å². The second kappa shape index (κ2) is 12.1. The molecule has 4 rings (SSSR count). The van der Waals surface area contributed by atoms with Crippen LogP contribution in [0.5, 0.6) is 11.5 Å². The van der Waals surface area contributed by atoms with Crippen LogP contribution in [0, 0.1) is 0 Å². The topological polar surface area (TPSA) is 88.2 Å². The highest BCUT2D eigenvalue weighted by atomic mass is 32.2. The molecule has 0 atom stereocenters. The van der Waals surface area contributed by atoms with Crippen LogP contribution in [0.15, 0.2) is 77.7 Å². The highest BCUT2D eigenvalue weighted by molar-refractivity contribution is 7.92. The number of hydrogen-bond acceptors (Lipinski definition) is 6. The molecule has 1 N–H and O–H groups in total. The van der Waals surface area contributed by atoms with Crippen molar-refractivity contribution in [3.63, 3.8) is 0 Å². The van der Waals surface area contributed by atoms with Crippen molar-refractivity contribution in [3.05, 3.63) is 83.9 Å². The number of carbonyl (C=O) groups excluding carboxylic acids is 1. The van der Waals surface area contributed by atoms with E-state index >= 15 is 0 Å². The molecule has 0 aromatic heterocycles. The summed E-state index contributed by atoms with van der Waals surface area (Å²) >= 11 is 0. The van der Waals surface area contributed by atoms with Crippen LogP contribution in [0.3, 0.4) is 0 Å². The predicted octanol–water partition coefficient (Wildman–Crippen LogP) is 3.81. The van der Waals surface area contributed by atoms with Gasteiger partial charge in [0.1, 0.15) is 18.0 Å². The molecule has 37 heavy (non-hydrogen) atoms. The first-order valence-electron chi connectivity index (χ1n) is 12.3. The number of nitrogens with one attached hydrogen (secondary N) is 1. The normalized spacial score (nSPS) is 13.8. The van der Waals surface area contributed by atoms with Gasteiger partial charge >= 0.3 is 0 Å². The summed E-state index contributed by atoms with van der Waals surface area (Å²) in [4.78, 5) is 15.5. The maximum Gasteiger partial charge on any atom is 0.264 e. The fourth-order valence-electron chi connectivity index (χ4n) is 4.43. The van der Waals surface area contributed by atoms with Crippen molar-refractivity contribution in [1.82, 2.24) is 10.2 Å². The number of likely N-dealkylation sites (tertiary alicyclic amines) is 1. The Morgan fingerprint density at radius 1 is 0.919 bits per heavy atom. The average molecular weight is 524 g/mol. The summed E-state index contributed by atoms with van der Waals surface area (Å²) in [5.41, 5.74) is 2.45. The van der Waals surface area contributed by atoms with Crippen LogP contribution >= 0.6 is 0 Å². The Hall–Kier alpha value is -3.56. The first kappa shape index (κ1) is 26.5. The number of sulfonamides is 1. The van der Waals surface area contributed by atoms with Gasteiger partial charge in [-0.3, -0.25) is 14.0 Å². The molecule has 3 aromatic carbocycles. The summed E-state index contributed by atoms with van der Waals surface area (Å²) in [5, 5.41) is 2.88. The maximum atomic E-state index is 13.7. The zero-order valence-electron chi connectivity index (χ0n) is 21.2. The number of anilines is 1. The monoisotopic (exact) mass is 523 g/mol. The summed E-state index contributed by atoms with van der Waals surface area (Å²) in [6, 6.07) is 20.9. The number of carbonyl (C=O) groups is 1. The van der Waals surface area contributed by atoms with E-state index < -0.39 is 22.5 Å². The van der Waals surface area contributed by atoms with Crippen molar-refractivity contribution in [2.45, 2.75) is 30.8 Å². The lowest BCUT2D eigenvalue weighted by atomic mass is 10.1. The lowest BCUT2D eigenvalue weighted by molar-refractivity contribution is -0.119. The largest absolute Gasteiger partial charge is 0.497 e. The molecule has 0 aliphatic carbocycles. The number of rotatable bonds is 11. The quantitative estimate of drug-likeness (QED) is 0.411. The van der Waals surface area contributed by atoms with Gasteiger partial charge in [-0.05, 0) is 73.5 Å². The summed E-state index contributed by atoms with van der Waals surface area (Å²) in [7, 11) is -1.10. The number of nitrogens with zero attached hydrogens (tertiary/aromatic N) is 2. The molecule has 196 valence electrons. The molecule has 0 bridgehead atoms. The molecule has 1 aliphatic heterocycles. The van der Waals surface area contributed by atoms with Crippen LogP contribution in [-0.4, -0.2) is 53.1 Å². The van der Waals surface area contributed by atoms with Gasteiger partial charge in [0.05, 0.1) is 24.8 Å². The van der Waals surface area contributed by atoms with Gasteiger partial charge in [-0.1, -0.05) is 36.4 Å². The maximum absolute atomic E-state index is 13.7. The van der Waals surface area contributed by atoms with Crippen molar-refractivity contribution in [1.29, 1.82) is 0 Å². The third kappa shape index (κ3) is 6.61. The molecule has 8 nitrogen and oxygen atoms in total. The summed E-state index contributed by atoms with van der Waals surface area (Å²) in [6.07, 6.45) is 2.47. The molecular weight excluding hydrogens is 490 g/mol. The zero-order chi connectivity index (χ0) is 26.3. The fourth-order valence-corrected chi connectivity index (χ4v) is 5.87. The Kier molecular flexibility index (Phi) is 8.68. The molecule has 1 aliphatic rings. The standard InChI is InChI=1S/C28H33N3O5S/c1-35-24-12-14-25(15-13-24)37(33,34)31(26-10-3-4-11-27(26)36-2)21-28(32)29-19-22-8-7-9-23(18-22)20-30-16-5-6-17-30/h3-4,7-15,18H,5-6,16-17,19-21H2,1-2H3,(H,29,32). The lowest BCUT2D eigenvalue weighted by Crippen LogP contribution is -2.40. The molecule has 0 radical (unpaired) electrons. The van der Waals surface area contributed by atoms with Crippen molar-refractivity contribution in [3.8, 4) is 11.5 Å². The van der Waals surface area contributed by atoms with E-state index in [2.05, 4.69) is 22.3 Å². The number of benzene rings is 3. The Bertz CT molecular complexity index is 1310. The van der Waals surface area contributed by atoms with Gasteiger partial charge in [-0.25, -0.2) is 8.42 Å². The van der Waals surface area contributed by atoms with E-state index in [-0.39, 0.29) is 10.6 Å². The summed E-state index contributed by atoms with van der Waals surface area (Å²) < 4.78 is 39.0. The minimum absolute atomic E-state index is 0.0432. The van der Waals surface area contributed by atoms with Crippen LogP contribution in [0.1, 0.15) is 24.0 Å². The van der Waals surface area contributed by atoms with Gasteiger partial charge in [0, 0.05) is 13.1 Å². The number of methoxy groups -OCH3 is 2. The van der Waals surface area contributed by atoms with Crippen LogP contribution in [-0.2, 0) is 27.9 Å². The van der Waals surface area contributed by atoms with E-state index in [0.29, 0.717) is 18.0 Å². The number of para-hydroxylation sites is 2. The minimum Gasteiger partial charge on any atom is -0.497 e. The minimum atomic E-state index is -4.08. The third-order valence-corrected chi connectivity index (χ3v) is 8.15. The highest BCUT2D eigenvalue weighted by Gasteiger charge is 2.29. The Labute approximate surface area is 218 Å². The zero-order valence-corrected chi connectivity index (χ0v) is 22.0. The second-order valence-electron chi connectivity index (χ2n) is 8.94. The molecule has 1 fully saturated rings. The predicted molar refractivity (Wildman–Crippen MR) is 143 cm³/mol. The average Bonchev–Trinajstić information content (AvgIpc) is 3.43. The SMILES string of the molecule is COc1ccc(S(=O)(=O)N(CC(=O)NCc2cccc(CN3CCCC3)c2)c2ccccc2OC)cc1. The number of hydrogen-bond donors (Lipinski definition) is 1. The summed E-state index contributed by atoms with van der Waals surface area (Å²) in [5.74, 6) is 0.461. The molecule has 0 saturated carbocycles. The summed E-state index contributed by atoms with van der Waals surface area (Å²) in [6.45, 7) is 3.02. The van der Waals surface area contributed by atoms with Crippen LogP contribution in [0.2, 0.25) is 0 Å². The number of amides is 1. The van der Waals surface area contributed by atoms with Crippen molar-refractivity contribution >= 4 is 21.6 Å². The van der Waals surface area contributed by atoms with Gasteiger partial charge < -0.3 is 14.8 Å². The second-order valence-corrected chi connectivity index (χ2v) is 10.8. The fraction of sp³-hybridized carbons (Fsp3) is 0.321. The molecule has 0 spiro atoms. The van der Waals surface area contributed by atoms with Crippen LogP contribution < -0.4 is 19.1 Å². The van der Waals surface area contributed by atoms with Gasteiger partial charge in [0.2, 0.25) is 5.91 Å². The van der Waals surface area contributed by atoms with Crippen molar-refractivity contribution in [2.75, 3.05) is 38.2 Å². The molecule has 1 saturated heterocycles. The molecule has 9 heteroatoms. The molecule has 1 heterocycles. The van der Waals surface area contributed by atoms with E-state index in [1.54, 1.807) is 36.4 Å². The Balaban J connectivity index is 1.52. The van der Waals surface area contributed by atoms with E-state index in [4.69, 9.17) is 9.47 Å². The van der Waals surface area contributed by atoms with Crippen molar-refractivity contribution in [2.24, 2.45) is 0 Å². The first-order valence-corrected chi connectivity index (χ1v) is 13.7. The molecule has 0 unspecified atom stereocenters. The molecule has 1 amide bonds. The van der Waals surface area contributed by atoms with Gasteiger partial charge in [-0.15, -0.1) is 0 Å².